The van der Waals surface area contributed by atoms with Crippen LogP contribution in [0.15, 0.2) is 53.7 Å². The maximum Gasteiger partial charge on any atom is 0.191 e. The number of rotatable bonds is 6. The van der Waals surface area contributed by atoms with Crippen LogP contribution in [0.4, 0.5) is 0 Å². The number of ether oxygens (including phenoxy) is 1. The highest BCUT2D eigenvalue weighted by atomic mass is 127. The Morgan fingerprint density at radius 3 is 2.61 bits per heavy atom. The van der Waals surface area contributed by atoms with Gasteiger partial charge in [0.2, 0.25) is 0 Å². The second kappa shape index (κ2) is 10.8. The number of hydrogen-bond acceptors (Lipinski definition) is 3. The van der Waals surface area contributed by atoms with Crippen LogP contribution in [0.3, 0.4) is 0 Å². The van der Waals surface area contributed by atoms with Gasteiger partial charge in [-0.2, -0.15) is 0 Å². The summed E-state index contributed by atoms with van der Waals surface area (Å²) < 4.78 is 5.34. The molecule has 0 atom stereocenters. The van der Waals surface area contributed by atoms with Crippen LogP contribution in [-0.2, 0) is 13.0 Å². The van der Waals surface area contributed by atoms with E-state index in [2.05, 4.69) is 20.6 Å². The van der Waals surface area contributed by atoms with Crippen molar-refractivity contribution in [2.75, 3.05) is 20.7 Å². The van der Waals surface area contributed by atoms with Crippen LogP contribution in [0.25, 0.3) is 0 Å². The molecule has 0 bridgehead atoms. The van der Waals surface area contributed by atoms with E-state index in [0.29, 0.717) is 6.54 Å². The molecular weight excluding hydrogens is 403 g/mol. The minimum atomic E-state index is 0. The van der Waals surface area contributed by atoms with Gasteiger partial charge < -0.3 is 15.4 Å². The largest absolute Gasteiger partial charge is 0.496 e. The van der Waals surface area contributed by atoms with E-state index >= 15 is 0 Å². The summed E-state index contributed by atoms with van der Waals surface area (Å²) in [4.78, 5) is 8.52. The highest BCUT2D eigenvalue weighted by molar-refractivity contribution is 14.0. The van der Waals surface area contributed by atoms with Crippen LogP contribution in [0.1, 0.15) is 11.3 Å². The van der Waals surface area contributed by atoms with E-state index in [1.807, 2.05) is 48.7 Å². The fourth-order valence-electron chi connectivity index (χ4n) is 2.10. The second-order valence-electron chi connectivity index (χ2n) is 4.74. The highest BCUT2D eigenvalue weighted by Crippen LogP contribution is 2.16. The number of halogens is 1. The average Bonchev–Trinajstić information content (AvgIpc) is 2.59. The zero-order chi connectivity index (χ0) is 15.6. The fraction of sp³-hybridized carbons (Fsp3) is 0.294. The molecular formula is C17H23IN4O. The third-order valence-electron chi connectivity index (χ3n) is 3.26. The summed E-state index contributed by atoms with van der Waals surface area (Å²) in [5.74, 6) is 1.64. The first-order valence-corrected chi connectivity index (χ1v) is 7.30. The number of pyridine rings is 1. The maximum absolute atomic E-state index is 5.34. The SMILES string of the molecule is CN=C(NCCc1ccccn1)NCc1ccccc1OC.I. The highest BCUT2D eigenvalue weighted by Gasteiger charge is 2.03. The number of hydrogen-bond donors (Lipinski definition) is 2. The van der Waals surface area contributed by atoms with Gasteiger partial charge in [0.1, 0.15) is 5.75 Å². The lowest BCUT2D eigenvalue weighted by Crippen LogP contribution is -2.38. The molecule has 0 spiro atoms. The number of para-hydroxylation sites is 1. The molecule has 1 aromatic carbocycles. The Morgan fingerprint density at radius 1 is 1.13 bits per heavy atom. The standard InChI is InChI=1S/C17H22N4O.HI/c1-18-17(20-12-10-15-8-5-6-11-19-15)21-13-14-7-3-4-9-16(14)22-2;/h3-9,11H,10,12-13H2,1-2H3,(H2,18,20,21);1H. The van der Waals surface area contributed by atoms with Gasteiger partial charge in [0.25, 0.3) is 0 Å². The van der Waals surface area contributed by atoms with Crippen molar-refractivity contribution < 1.29 is 4.74 Å². The zero-order valence-electron chi connectivity index (χ0n) is 13.5. The van der Waals surface area contributed by atoms with E-state index in [4.69, 9.17) is 4.74 Å². The number of benzene rings is 1. The van der Waals surface area contributed by atoms with Gasteiger partial charge in [0.05, 0.1) is 7.11 Å². The Labute approximate surface area is 154 Å². The number of guanidine groups is 1. The first-order chi connectivity index (χ1) is 10.8. The van der Waals surface area contributed by atoms with E-state index < -0.39 is 0 Å². The molecule has 0 aliphatic heterocycles. The number of nitrogens with one attached hydrogen (secondary N) is 2. The van der Waals surface area contributed by atoms with E-state index in [0.717, 1.165) is 35.9 Å². The zero-order valence-corrected chi connectivity index (χ0v) is 15.8. The quantitative estimate of drug-likeness (QED) is 0.424. The molecule has 0 saturated carbocycles. The van der Waals surface area contributed by atoms with Gasteiger partial charge in [-0.05, 0) is 18.2 Å². The third kappa shape index (κ3) is 6.43. The van der Waals surface area contributed by atoms with Crippen molar-refractivity contribution in [1.29, 1.82) is 0 Å². The van der Waals surface area contributed by atoms with Crippen molar-refractivity contribution >= 4 is 29.9 Å². The molecule has 0 fully saturated rings. The predicted octanol–water partition coefficient (Wildman–Crippen LogP) is 2.62. The lowest BCUT2D eigenvalue weighted by molar-refractivity contribution is 0.409. The minimum Gasteiger partial charge on any atom is -0.496 e. The molecule has 2 aromatic rings. The van der Waals surface area contributed by atoms with Crippen LogP contribution in [0.5, 0.6) is 5.75 Å². The molecule has 0 radical (unpaired) electrons. The summed E-state index contributed by atoms with van der Waals surface area (Å²) in [5.41, 5.74) is 2.16. The molecule has 2 rings (SSSR count). The van der Waals surface area contributed by atoms with Crippen LogP contribution >= 0.6 is 24.0 Å². The Kier molecular flexibility index (Phi) is 9.04. The summed E-state index contributed by atoms with van der Waals surface area (Å²) in [6.45, 7) is 1.44. The summed E-state index contributed by atoms with van der Waals surface area (Å²) >= 11 is 0. The van der Waals surface area contributed by atoms with Gasteiger partial charge in [-0.15, -0.1) is 24.0 Å². The van der Waals surface area contributed by atoms with E-state index in [-0.39, 0.29) is 24.0 Å². The molecule has 0 aliphatic rings. The normalized spacial score (nSPS) is 10.6. The Morgan fingerprint density at radius 2 is 1.91 bits per heavy atom. The summed E-state index contributed by atoms with van der Waals surface area (Å²) in [6, 6.07) is 13.9. The Balaban J connectivity index is 0.00000264. The molecule has 0 saturated heterocycles. The monoisotopic (exact) mass is 426 g/mol. The van der Waals surface area contributed by atoms with Crippen LogP contribution in [-0.4, -0.2) is 31.6 Å². The Hall–Kier alpha value is -1.83. The molecule has 2 N–H and O–H groups in total. The summed E-state index contributed by atoms with van der Waals surface area (Å²) in [7, 11) is 3.44. The predicted molar refractivity (Wildman–Crippen MR) is 105 cm³/mol. The van der Waals surface area contributed by atoms with Gasteiger partial charge in [0, 0.05) is 44.0 Å². The van der Waals surface area contributed by atoms with Crippen molar-refractivity contribution in [3.63, 3.8) is 0 Å². The number of aromatic nitrogens is 1. The van der Waals surface area contributed by atoms with Crippen molar-refractivity contribution in [2.45, 2.75) is 13.0 Å². The molecule has 0 amide bonds. The van der Waals surface area contributed by atoms with E-state index in [1.165, 1.54) is 0 Å². The molecule has 1 heterocycles. The van der Waals surface area contributed by atoms with Crippen LogP contribution in [0, 0.1) is 0 Å². The van der Waals surface area contributed by atoms with Crippen LogP contribution < -0.4 is 15.4 Å². The molecule has 0 unspecified atom stereocenters. The number of nitrogens with zero attached hydrogens (tertiary/aromatic N) is 2. The van der Waals surface area contributed by atoms with E-state index in [9.17, 15) is 0 Å². The maximum atomic E-state index is 5.34. The first-order valence-electron chi connectivity index (χ1n) is 7.30. The minimum absolute atomic E-state index is 0. The van der Waals surface area contributed by atoms with Gasteiger partial charge in [-0.25, -0.2) is 0 Å². The number of methoxy groups -OCH3 is 1. The fourth-order valence-corrected chi connectivity index (χ4v) is 2.10. The average molecular weight is 426 g/mol. The first kappa shape index (κ1) is 19.2. The lowest BCUT2D eigenvalue weighted by atomic mass is 10.2. The van der Waals surface area contributed by atoms with E-state index in [1.54, 1.807) is 14.2 Å². The Bertz CT molecular complexity index is 605. The van der Waals surface area contributed by atoms with Gasteiger partial charge in [-0.3, -0.25) is 9.98 Å². The van der Waals surface area contributed by atoms with Crippen molar-refractivity contribution in [2.24, 2.45) is 4.99 Å². The second-order valence-corrected chi connectivity index (χ2v) is 4.74. The van der Waals surface area contributed by atoms with Gasteiger partial charge >= 0.3 is 0 Å². The molecule has 1 aromatic heterocycles. The molecule has 6 heteroatoms. The van der Waals surface area contributed by atoms with Crippen molar-refractivity contribution in [3.8, 4) is 5.75 Å². The number of aliphatic imine (C=N–C) groups is 1. The van der Waals surface area contributed by atoms with Crippen LogP contribution in [0.2, 0.25) is 0 Å². The lowest BCUT2D eigenvalue weighted by Gasteiger charge is -2.13. The van der Waals surface area contributed by atoms with Gasteiger partial charge in [0.15, 0.2) is 5.96 Å². The van der Waals surface area contributed by atoms with Gasteiger partial charge in [-0.1, -0.05) is 24.3 Å². The molecule has 5 nitrogen and oxygen atoms in total. The van der Waals surface area contributed by atoms with Crippen molar-refractivity contribution in [3.05, 3.63) is 59.9 Å². The summed E-state index contributed by atoms with van der Waals surface area (Å²) in [5, 5.41) is 6.57. The third-order valence-corrected chi connectivity index (χ3v) is 3.26. The molecule has 23 heavy (non-hydrogen) atoms. The summed E-state index contributed by atoms with van der Waals surface area (Å²) in [6.07, 6.45) is 2.67. The molecule has 0 aliphatic carbocycles. The van der Waals surface area contributed by atoms with Crippen molar-refractivity contribution in [1.82, 2.24) is 15.6 Å². The molecule has 124 valence electrons. The smallest absolute Gasteiger partial charge is 0.191 e. The topological polar surface area (TPSA) is 58.5 Å².